The fourth-order valence-corrected chi connectivity index (χ4v) is 3.42. The third kappa shape index (κ3) is 4.42. The molecule has 2 heterocycles. The smallest absolute Gasteiger partial charge is 0.312 e. The van der Waals surface area contributed by atoms with Crippen molar-refractivity contribution >= 4 is 29.3 Å². The predicted molar refractivity (Wildman–Crippen MR) is 107 cm³/mol. The molecule has 1 aliphatic heterocycles. The Balaban J connectivity index is 1.72. The molecule has 1 N–H and O–H groups in total. The summed E-state index contributed by atoms with van der Waals surface area (Å²) in [5.74, 6) is -1.04. The monoisotopic (exact) mass is 418 g/mol. The number of carbonyl (C=O) groups is 3. The first-order valence-electron chi connectivity index (χ1n) is 9.39. The molecule has 8 nitrogen and oxygen atoms in total. The van der Waals surface area contributed by atoms with E-state index in [1.165, 1.54) is 4.90 Å². The summed E-state index contributed by atoms with van der Waals surface area (Å²) in [5.41, 5.74) is 1.37. The highest BCUT2D eigenvalue weighted by Crippen LogP contribution is 2.31. The second-order valence-electron chi connectivity index (χ2n) is 7.15. The molecule has 1 aromatic heterocycles. The number of amides is 3. The lowest BCUT2D eigenvalue weighted by Crippen LogP contribution is -2.54. The maximum Gasteiger partial charge on any atom is 0.312 e. The number of hydrogen-bond donors (Lipinski definition) is 1. The number of benzene rings is 1. The first-order chi connectivity index (χ1) is 13.8. The molecule has 0 unspecified atom stereocenters. The minimum Gasteiger partial charge on any atom is -0.360 e. The molecule has 3 rings (SSSR count). The number of carbonyl (C=O) groups excluding carboxylic acids is 3. The van der Waals surface area contributed by atoms with E-state index in [0.29, 0.717) is 40.7 Å². The van der Waals surface area contributed by atoms with Crippen LogP contribution in [-0.4, -0.2) is 64.9 Å². The number of nitrogens with zero attached hydrogens (tertiary/aromatic N) is 3. The molecule has 3 amide bonds. The first-order valence-corrected chi connectivity index (χ1v) is 9.77. The molecule has 0 spiro atoms. The van der Waals surface area contributed by atoms with Crippen molar-refractivity contribution in [3.05, 3.63) is 40.6 Å². The number of aromatic nitrogens is 1. The average Bonchev–Trinajstić information content (AvgIpc) is 3.08. The number of halogens is 1. The number of hydrogen-bond acceptors (Lipinski definition) is 5. The molecule has 1 fully saturated rings. The molecule has 0 aliphatic carbocycles. The van der Waals surface area contributed by atoms with Gasteiger partial charge in [-0.25, -0.2) is 0 Å². The Bertz CT molecular complexity index is 932. The van der Waals surface area contributed by atoms with E-state index in [0.717, 1.165) is 0 Å². The van der Waals surface area contributed by atoms with Gasteiger partial charge in [-0.05, 0) is 26.8 Å². The molecule has 0 saturated carbocycles. The maximum absolute atomic E-state index is 13.1. The van der Waals surface area contributed by atoms with Crippen molar-refractivity contribution < 1.29 is 18.9 Å². The minimum atomic E-state index is -0.629. The highest BCUT2D eigenvalue weighted by atomic mass is 35.5. The molecule has 29 heavy (non-hydrogen) atoms. The third-order valence-electron chi connectivity index (χ3n) is 4.67. The second kappa shape index (κ2) is 8.65. The third-order valence-corrected chi connectivity index (χ3v) is 5.00. The molecule has 0 bridgehead atoms. The van der Waals surface area contributed by atoms with Crippen LogP contribution in [0.4, 0.5) is 0 Å². The SMILES string of the molecule is Cc1onc(-c2ccccc2Cl)c1C(=O)N1CCN(C(=O)C(=O)NC(C)C)CC1. The van der Waals surface area contributed by atoms with Crippen LogP contribution in [-0.2, 0) is 9.59 Å². The van der Waals surface area contributed by atoms with Crippen molar-refractivity contribution in [2.24, 2.45) is 0 Å². The van der Waals surface area contributed by atoms with Gasteiger partial charge in [-0.3, -0.25) is 14.4 Å². The molecule has 154 valence electrons. The highest BCUT2D eigenvalue weighted by Gasteiger charge is 2.32. The van der Waals surface area contributed by atoms with E-state index in [2.05, 4.69) is 10.5 Å². The second-order valence-corrected chi connectivity index (χ2v) is 7.56. The normalized spacial score (nSPS) is 14.2. The van der Waals surface area contributed by atoms with Crippen molar-refractivity contribution in [3.63, 3.8) is 0 Å². The summed E-state index contributed by atoms with van der Waals surface area (Å²) in [4.78, 5) is 40.4. The molecule has 1 saturated heterocycles. The molecule has 0 atom stereocenters. The van der Waals surface area contributed by atoms with Gasteiger partial charge in [0.2, 0.25) is 0 Å². The zero-order chi connectivity index (χ0) is 21.1. The zero-order valence-corrected chi connectivity index (χ0v) is 17.3. The summed E-state index contributed by atoms with van der Waals surface area (Å²) in [5, 5.41) is 7.10. The number of nitrogens with one attached hydrogen (secondary N) is 1. The van der Waals surface area contributed by atoms with Crippen LogP contribution in [0.25, 0.3) is 11.3 Å². The van der Waals surface area contributed by atoms with Crippen LogP contribution >= 0.6 is 11.6 Å². The van der Waals surface area contributed by atoms with Gasteiger partial charge in [0.05, 0.1) is 5.02 Å². The molecular weight excluding hydrogens is 396 g/mol. The lowest BCUT2D eigenvalue weighted by Gasteiger charge is -2.34. The quantitative estimate of drug-likeness (QED) is 0.770. The van der Waals surface area contributed by atoms with E-state index in [1.807, 2.05) is 6.07 Å². The number of rotatable bonds is 3. The summed E-state index contributed by atoms with van der Waals surface area (Å²) < 4.78 is 5.27. The first kappa shape index (κ1) is 20.9. The Morgan fingerprint density at radius 2 is 1.72 bits per heavy atom. The van der Waals surface area contributed by atoms with Crippen LogP contribution in [0.1, 0.15) is 30.0 Å². The minimum absolute atomic E-state index is 0.117. The molecule has 1 aliphatic rings. The zero-order valence-electron chi connectivity index (χ0n) is 16.6. The highest BCUT2D eigenvalue weighted by molar-refractivity contribution is 6.35. The Labute approximate surface area is 173 Å². The summed E-state index contributed by atoms with van der Waals surface area (Å²) >= 11 is 6.26. The van der Waals surface area contributed by atoms with Gasteiger partial charge in [-0.15, -0.1) is 0 Å². The molecule has 0 radical (unpaired) electrons. The van der Waals surface area contributed by atoms with Gasteiger partial charge >= 0.3 is 11.8 Å². The Morgan fingerprint density at radius 1 is 1.10 bits per heavy atom. The van der Waals surface area contributed by atoms with Crippen molar-refractivity contribution in [2.75, 3.05) is 26.2 Å². The largest absolute Gasteiger partial charge is 0.360 e. The fraction of sp³-hybridized carbons (Fsp3) is 0.400. The molecular formula is C20H23ClN4O4. The molecule has 2 aromatic rings. The average molecular weight is 419 g/mol. The lowest BCUT2D eigenvalue weighted by atomic mass is 10.0. The van der Waals surface area contributed by atoms with Gasteiger partial charge in [0.25, 0.3) is 5.91 Å². The van der Waals surface area contributed by atoms with Crippen LogP contribution in [0.2, 0.25) is 5.02 Å². The van der Waals surface area contributed by atoms with Gasteiger partial charge < -0.3 is 19.6 Å². The van der Waals surface area contributed by atoms with Gasteiger partial charge in [-0.1, -0.05) is 35.0 Å². The van der Waals surface area contributed by atoms with Crippen LogP contribution in [0, 0.1) is 6.92 Å². The van der Waals surface area contributed by atoms with E-state index < -0.39 is 11.8 Å². The van der Waals surface area contributed by atoms with Crippen LogP contribution in [0.5, 0.6) is 0 Å². The van der Waals surface area contributed by atoms with Crippen LogP contribution in [0.3, 0.4) is 0 Å². The lowest BCUT2D eigenvalue weighted by molar-refractivity contribution is -0.147. The van der Waals surface area contributed by atoms with E-state index >= 15 is 0 Å². The van der Waals surface area contributed by atoms with Crippen LogP contribution < -0.4 is 5.32 Å². The number of piperazine rings is 1. The summed E-state index contributed by atoms with van der Waals surface area (Å²) in [7, 11) is 0. The van der Waals surface area contributed by atoms with Crippen molar-refractivity contribution in [1.82, 2.24) is 20.3 Å². The van der Waals surface area contributed by atoms with Crippen LogP contribution in [0.15, 0.2) is 28.8 Å². The van der Waals surface area contributed by atoms with E-state index in [9.17, 15) is 14.4 Å². The fourth-order valence-electron chi connectivity index (χ4n) is 3.20. The van der Waals surface area contributed by atoms with Crippen molar-refractivity contribution in [1.29, 1.82) is 0 Å². The number of aryl methyl sites for hydroxylation is 1. The predicted octanol–water partition coefficient (Wildman–Crippen LogP) is 2.11. The Morgan fingerprint density at radius 3 is 2.34 bits per heavy atom. The molecule has 9 heteroatoms. The van der Waals surface area contributed by atoms with Gasteiger partial charge in [-0.2, -0.15) is 0 Å². The molecule has 1 aromatic carbocycles. The summed E-state index contributed by atoms with van der Waals surface area (Å²) in [6, 6.07) is 6.99. The van der Waals surface area contributed by atoms with Crippen molar-refractivity contribution in [3.8, 4) is 11.3 Å². The summed E-state index contributed by atoms with van der Waals surface area (Å²) in [6.45, 7) is 6.44. The topological polar surface area (TPSA) is 95.8 Å². The summed E-state index contributed by atoms with van der Waals surface area (Å²) in [6.07, 6.45) is 0. The van der Waals surface area contributed by atoms with E-state index in [4.69, 9.17) is 16.1 Å². The van der Waals surface area contributed by atoms with Gasteiger partial charge in [0.15, 0.2) is 0 Å². The van der Waals surface area contributed by atoms with E-state index in [1.54, 1.807) is 43.9 Å². The maximum atomic E-state index is 13.1. The Hall–Kier alpha value is -2.87. The standard InChI is InChI=1S/C20H23ClN4O4/c1-12(2)22-18(26)20(28)25-10-8-24(9-11-25)19(27)16-13(3)29-23-17(16)14-6-4-5-7-15(14)21/h4-7,12H,8-11H2,1-3H3,(H,22,26). The van der Waals surface area contributed by atoms with Crippen molar-refractivity contribution in [2.45, 2.75) is 26.8 Å². The van der Waals surface area contributed by atoms with E-state index in [-0.39, 0.29) is 25.0 Å². The van der Waals surface area contributed by atoms with Gasteiger partial charge in [0, 0.05) is 37.8 Å². The van der Waals surface area contributed by atoms with Gasteiger partial charge in [0.1, 0.15) is 17.0 Å². The Kier molecular flexibility index (Phi) is 6.22.